The number of unbranched alkanes of at least 4 members (excludes halogenated alkanes) is 6. The standard InChI is InChI=1S/C35H67N7O9/c1-25(40-30(46)49-33(2,3)4)19-24-36-20-17-18-22-38-28(45)26(43)27(44)37-21-15-13-11-12-14-16-23-39-29(41-31(47)50-34(5,6)7)42-32(48)51-35(8,9)10/h25-26,36,43H,11-24H2,1-10H3,(H,37,44)(H,38,45)(H,40,46)(H2,39,41,42,47,48). The average Bonchev–Trinajstić information content (AvgIpc) is 2.95. The highest BCUT2D eigenvalue weighted by atomic mass is 16.6. The lowest BCUT2D eigenvalue weighted by molar-refractivity contribution is -0.141. The largest absolute Gasteiger partial charge is 0.444 e. The van der Waals surface area contributed by atoms with Gasteiger partial charge in [-0.2, -0.15) is 0 Å². The van der Waals surface area contributed by atoms with Gasteiger partial charge in [-0.25, -0.2) is 14.4 Å². The molecule has 296 valence electrons. The van der Waals surface area contributed by atoms with E-state index in [1.54, 1.807) is 41.5 Å². The number of nitrogens with one attached hydrogen (secondary N) is 6. The molecule has 0 heterocycles. The van der Waals surface area contributed by atoms with Gasteiger partial charge in [0, 0.05) is 25.7 Å². The summed E-state index contributed by atoms with van der Waals surface area (Å²) in [4.78, 5) is 64.8. The summed E-state index contributed by atoms with van der Waals surface area (Å²) in [5.41, 5.74) is -1.97. The number of amides is 5. The van der Waals surface area contributed by atoms with Gasteiger partial charge < -0.3 is 40.6 Å². The summed E-state index contributed by atoms with van der Waals surface area (Å²) in [6.45, 7) is 20.2. The molecule has 16 nitrogen and oxygen atoms in total. The minimum Gasteiger partial charge on any atom is -0.444 e. The van der Waals surface area contributed by atoms with Gasteiger partial charge in [0.1, 0.15) is 16.8 Å². The lowest BCUT2D eigenvalue weighted by atomic mass is 10.1. The van der Waals surface area contributed by atoms with Crippen molar-refractivity contribution < 1.29 is 43.3 Å². The molecule has 0 aromatic rings. The summed E-state index contributed by atoms with van der Waals surface area (Å²) >= 11 is 0. The molecular formula is C35H67N7O9. The van der Waals surface area contributed by atoms with Crippen LogP contribution in [0.5, 0.6) is 0 Å². The maximum Gasteiger partial charge on any atom is 0.414 e. The van der Waals surface area contributed by atoms with E-state index in [2.05, 4.69) is 36.9 Å². The molecule has 0 saturated carbocycles. The van der Waals surface area contributed by atoms with Crippen LogP contribution in [-0.4, -0.2) is 103 Å². The average molecular weight is 730 g/mol. The molecule has 51 heavy (non-hydrogen) atoms. The Bertz CT molecular complexity index is 1060. The van der Waals surface area contributed by atoms with Crippen molar-refractivity contribution in [3.8, 4) is 0 Å². The predicted molar refractivity (Wildman–Crippen MR) is 196 cm³/mol. The summed E-state index contributed by atoms with van der Waals surface area (Å²) in [5, 5.41) is 26.2. The Kier molecular flexibility index (Phi) is 22.8. The molecule has 0 aromatic heterocycles. The molecule has 0 fully saturated rings. The van der Waals surface area contributed by atoms with E-state index in [1.165, 1.54) is 0 Å². The maximum absolute atomic E-state index is 12.2. The second-order valence-electron chi connectivity index (χ2n) is 15.4. The van der Waals surface area contributed by atoms with Crippen molar-refractivity contribution in [1.29, 1.82) is 0 Å². The molecule has 0 bridgehead atoms. The zero-order valence-electron chi connectivity index (χ0n) is 32.7. The fourth-order valence-corrected chi connectivity index (χ4v) is 4.18. The van der Waals surface area contributed by atoms with Crippen molar-refractivity contribution in [3.05, 3.63) is 0 Å². The Labute approximate surface area is 304 Å². The van der Waals surface area contributed by atoms with Crippen LogP contribution in [0, 0.1) is 0 Å². The number of guanidine groups is 1. The number of aliphatic hydroxyl groups excluding tert-OH is 1. The van der Waals surface area contributed by atoms with Gasteiger partial charge in [-0.3, -0.25) is 25.2 Å². The Morgan fingerprint density at radius 3 is 1.49 bits per heavy atom. The smallest absolute Gasteiger partial charge is 0.414 e. The molecule has 0 radical (unpaired) electrons. The molecule has 0 spiro atoms. The van der Waals surface area contributed by atoms with Gasteiger partial charge in [-0.15, -0.1) is 0 Å². The molecule has 2 atom stereocenters. The third-order valence-corrected chi connectivity index (χ3v) is 6.49. The van der Waals surface area contributed by atoms with Crippen molar-refractivity contribution >= 4 is 36.1 Å². The van der Waals surface area contributed by atoms with Crippen molar-refractivity contribution in [1.82, 2.24) is 31.9 Å². The first kappa shape index (κ1) is 47.3. The quantitative estimate of drug-likeness (QED) is 0.0314. The Morgan fingerprint density at radius 2 is 1.00 bits per heavy atom. The molecule has 7 N–H and O–H groups in total. The number of nitrogens with zero attached hydrogens (tertiary/aromatic N) is 1. The molecule has 16 heteroatoms. The van der Waals surface area contributed by atoms with Crippen molar-refractivity contribution in [3.63, 3.8) is 0 Å². The highest BCUT2D eigenvalue weighted by Gasteiger charge is 2.23. The van der Waals surface area contributed by atoms with Crippen molar-refractivity contribution in [2.24, 2.45) is 4.99 Å². The fraction of sp³-hybridized carbons (Fsp3) is 0.829. The molecule has 5 amide bonds. The fourth-order valence-electron chi connectivity index (χ4n) is 4.18. The molecule has 0 aliphatic rings. The number of aliphatic hydroxyl groups is 1. The third kappa shape index (κ3) is 29.7. The summed E-state index contributed by atoms with van der Waals surface area (Å²) in [6, 6.07) is -0.0358. The number of hydrogen-bond acceptors (Lipinski definition) is 11. The first-order valence-electron chi connectivity index (χ1n) is 18.1. The molecule has 0 saturated heterocycles. The first-order valence-corrected chi connectivity index (χ1v) is 18.1. The monoisotopic (exact) mass is 730 g/mol. The summed E-state index contributed by atoms with van der Waals surface area (Å²) < 4.78 is 15.7. The maximum atomic E-state index is 12.2. The Morgan fingerprint density at radius 1 is 0.588 bits per heavy atom. The predicted octanol–water partition coefficient (Wildman–Crippen LogP) is 4.00. The molecule has 0 aliphatic heterocycles. The van der Waals surface area contributed by atoms with E-state index in [-0.39, 0.29) is 12.0 Å². The van der Waals surface area contributed by atoms with Crippen LogP contribution in [0.25, 0.3) is 0 Å². The van der Waals surface area contributed by atoms with E-state index in [9.17, 15) is 29.1 Å². The van der Waals surface area contributed by atoms with Crippen molar-refractivity contribution in [2.75, 3.05) is 32.7 Å². The van der Waals surface area contributed by atoms with Gasteiger partial charge in [0.05, 0.1) is 0 Å². The molecular weight excluding hydrogens is 662 g/mol. The number of rotatable bonds is 20. The number of alkyl carbamates (subject to hydrolysis) is 3. The molecule has 0 aliphatic carbocycles. The molecule has 0 rings (SSSR count). The number of hydrogen-bond donors (Lipinski definition) is 7. The van der Waals surface area contributed by atoms with E-state index in [0.29, 0.717) is 39.0 Å². The molecule has 2 unspecified atom stereocenters. The topological polar surface area (TPSA) is 218 Å². The van der Waals surface area contributed by atoms with E-state index >= 15 is 0 Å². The van der Waals surface area contributed by atoms with Crippen LogP contribution in [0.1, 0.15) is 127 Å². The number of ether oxygens (including phenoxy) is 3. The zero-order chi connectivity index (χ0) is 39.1. The minimum absolute atomic E-state index is 0.0358. The SMILES string of the molecule is CC(CCNCCCCNC(=O)C(O)C(=O)NCCCCCCCCN=C(NC(=O)OC(C)(C)C)NC(=O)OC(C)(C)C)NC(=O)OC(C)(C)C. The Balaban J connectivity index is 4.11. The van der Waals surface area contributed by atoms with E-state index in [1.807, 2.05) is 27.7 Å². The van der Waals surface area contributed by atoms with Gasteiger partial charge in [-0.1, -0.05) is 25.7 Å². The first-order chi connectivity index (χ1) is 23.6. The van der Waals surface area contributed by atoms with Crippen LogP contribution in [0.2, 0.25) is 0 Å². The minimum atomic E-state index is -1.76. The van der Waals surface area contributed by atoms with E-state index in [0.717, 1.165) is 51.5 Å². The highest BCUT2D eigenvalue weighted by Crippen LogP contribution is 2.09. The van der Waals surface area contributed by atoms with Crippen LogP contribution in [0.15, 0.2) is 4.99 Å². The summed E-state index contributed by atoms with van der Waals surface area (Å²) in [7, 11) is 0. The lowest BCUT2D eigenvalue weighted by Gasteiger charge is -2.22. The van der Waals surface area contributed by atoms with Crippen LogP contribution in [0.4, 0.5) is 14.4 Å². The summed E-state index contributed by atoms with van der Waals surface area (Å²) in [5.74, 6) is -1.50. The van der Waals surface area contributed by atoms with Gasteiger partial charge in [-0.05, 0) is 114 Å². The second-order valence-corrected chi connectivity index (χ2v) is 15.4. The van der Waals surface area contributed by atoms with Crippen LogP contribution >= 0.6 is 0 Å². The van der Waals surface area contributed by atoms with Crippen LogP contribution < -0.4 is 31.9 Å². The van der Waals surface area contributed by atoms with Gasteiger partial charge in [0.15, 0.2) is 0 Å². The normalized spacial score (nSPS) is 12.8. The zero-order valence-corrected chi connectivity index (χ0v) is 32.7. The summed E-state index contributed by atoms with van der Waals surface area (Å²) in [6.07, 6.45) is 3.50. The molecule has 0 aromatic carbocycles. The van der Waals surface area contributed by atoms with Crippen LogP contribution in [-0.2, 0) is 23.8 Å². The number of carbonyl (C=O) groups is 5. The lowest BCUT2D eigenvalue weighted by Crippen LogP contribution is -2.47. The van der Waals surface area contributed by atoms with E-state index < -0.39 is 53.0 Å². The van der Waals surface area contributed by atoms with Crippen LogP contribution in [0.3, 0.4) is 0 Å². The van der Waals surface area contributed by atoms with E-state index in [4.69, 9.17) is 14.2 Å². The number of aliphatic imine (C=N–C) groups is 1. The van der Waals surface area contributed by atoms with Crippen molar-refractivity contribution in [2.45, 2.75) is 156 Å². The van der Waals surface area contributed by atoms with Gasteiger partial charge in [0.25, 0.3) is 11.8 Å². The second kappa shape index (κ2) is 24.5. The Hall–Kier alpha value is -3.66. The third-order valence-electron chi connectivity index (χ3n) is 6.49. The van der Waals surface area contributed by atoms with Gasteiger partial charge in [0.2, 0.25) is 12.1 Å². The number of carbonyl (C=O) groups excluding carboxylic acids is 5. The highest BCUT2D eigenvalue weighted by molar-refractivity contribution is 6.03. The van der Waals surface area contributed by atoms with Gasteiger partial charge >= 0.3 is 18.3 Å².